The number of carbonyl (C=O) groups excluding carboxylic acids is 1. The Bertz CT molecular complexity index is 576. The molecule has 2 aliphatic heterocycles. The molecule has 98 valence electrons. The Morgan fingerprint density at radius 2 is 2.00 bits per heavy atom. The number of hydrogen-bond acceptors (Lipinski definition) is 3. The highest BCUT2D eigenvalue weighted by atomic mass is 16.7. The van der Waals surface area contributed by atoms with E-state index < -0.39 is 5.79 Å². The van der Waals surface area contributed by atoms with Gasteiger partial charge in [0.05, 0.1) is 12.0 Å². The lowest BCUT2D eigenvalue weighted by Gasteiger charge is -2.27. The predicted molar refractivity (Wildman–Crippen MR) is 67.0 cm³/mol. The molecule has 3 heteroatoms. The van der Waals surface area contributed by atoms with Crippen LogP contribution in [0.4, 0.5) is 0 Å². The zero-order chi connectivity index (χ0) is 12.8. The molecule has 5 rings (SSSR count). The summed E-state index contributed by atoms with van der Waals surface area (Å²) in [5.74, 6) is 0.577. The first-order valence-corrected chi connectivity index (χ1v) is 7.17. The summed E-state index contributed by atoms with van der Waals surface area (Å²) < 4.78 is 12.0. The van der Waals surface area contributed by atoms with Crippen molar-refractivity contribution in [2.45, 2.75) is 31.7 Å². The molecular weight excluding hydrogens is 240 g/mol. The van der Waals surface area contributed by atoms with Crippen molar-refractivity contribution < 1.29 is 14.3 Å². The Kier molecular flexibility index (Phi) is 1.67. The monoisotopic (exact) mass is 256 g/mol. The third-order valence-electron chi connectivity index (χ3n) is 5.69. The van der Waals surface area contributed by atoms with E-state index in [1.54, 1.807) is 0 Å². The van der Waals surface area contributed by atoms with Crippen LogP contribution in [-0.4, -0.2) is 12.1 Å². The molecular formula is C16H16O3. The minimum atomic E-state index is -0.768. The average Bonchev–Trinajstić information content (AvgIpc) is 3.03. The lowest BCUT2D eigenvalue weighted by molar-refractivity contribution is -0.223. The molecule has 4 aliphatic rings. The maximum Gasteiger partial charge on any atom is 0.312 e. The molecule has 0 N–H and O–H groups in total. The fourth-order valence-corrected chi connectivity index (χ4v) is 5.01. The van der Waals surface area contributed by atoms with Gasteiger partial charge in [0.1, 0.15) is 0 Å². The summed E-state index contributed by atoms with van der Waals surface area (Å²) in [5.41, 5.74) is 2.24. The third-order valence-corrected chi connectivity index (χ3v) is 5.69. The Labute approximate surface area is 111 Å². The molecule has 4 fully saturated rings. The minimum Gasteiger partial charge on any atom is -0.428 e. The Morgan fingerprint density at radius 3 is 2.79 bits per heavy atom. The zero-order valence-corrected chi connectivity index (χ0v) is 10.8. The number of esters is 1. The Hall–Kier alpha value is -1.35. The smallest absolute Gasteiger partial charge is 0.312 e. The van der Waals surface area contributed by atoms with Gasteiger partial charge in [-0.3, -0.25) is 4.79 Å². The molecule has 1 aromatic rings. The van der Waals surface area contributed by atoms with Gasteiger partial charge in [-0.15, -0.1) is 0 Å². The van der Waals surface area contributed by atoms with Crippen molar-refractivity contribution in [3.8, 4) is 0 Å². The van der Waals surface area contributed by atoms with Crippen molar-refractivity contribution in [3.05, 3.63) is 35.4 Å². The van der Waals surface area contributed by atoms with Crippen LogP contribution >= 0.6 is 0 Å². The number of carbonyl (C=O) groups is 1. The van der Waals surface area contributed by atoms with Crippen LogP contribution in [0.2, 0.25) is 0 Å². The molecule has 1 aromatic carbocycles. The second-order valence-corrected chi connectivity index (χ2v) is 6.56. The van der Waals surface area contributed by atoms with Crippen molar-refractivity contribution in [2.24, 2.45) is 23.7 Å². The second-order valence-electron chi connectivity index (χ2n) is 6.56. The molecule has 2 saturated heterocycles. The van der Waals surface area contributed by atoms with E-state index in [-0.39, 0.29) is 17.8 Å². The van der Waals surface area contributed by atoms with Gasteiger partial charge in [0, 0.05) is 11.5 Å². The molecule has 2 aliphatic carbocycles. The number of rotatable bonds is 1. The maximum atomic E-state index is 12.2. The van der Waals surface area contributed by atoms with Crippen molar-refractivity contribution in [1.29, 1.82) is 0 Å². The highest BCUT2D eigenvalue weighted by Crippen LogP contribution is 2.69. The normalized spacial score (nSPS) is 48.9. The number of ether oxygens (including phenoxy) is 2. The summed E-state index contributed by atoms with van der Waals surface area (Å²) in [6.07, 6.45) is 2.51. The van der Waals surface area contributed by atoms with Crippen LogP contribution < -0.4 is 0 Å². The van der Waals surface area contributed by atoms with Gasteiger partial charge < -0.3 is 9.47 Å². The van der Waals surface area contributed by atoms with Gasteiger partial charge in [-0.05, 0) is 31.6 Å². The van der Waals surface area contributed by atoms with Crippen LogP contribution in [-0.2, 0) is 20.1 Å². The van der Waals surface area contributed by atoms with Crippen LogP contribution in [0.1, 0.15) is 24.0 Å². The summed E-state index contributed by atoms with van der Waals surface area (Å²) in [6.45, 7) is 2.07. The van der Waals surface area contributed by atoms with Crippen molar-refractivity contribution in [3.63, 3.8) is 0 Å². The fraction of sp³-hybridized carbons (Fsp3) is 0.562. The zero-order valence-electron chi connectivity index (χ0n) is 10.8. The first kappa shape index (κ1) is 10.4. The van der Waals surface area contributed by atoms with Gasteiger partial charge in [0.2, 0.25) is 5.79 Å². The summed E-state index contributed by atoms with van der Waals surface area (Å²) in [6, 6.07) is 8.26. The Morgan fingerprint density at radius 1 is 1.21 bits per heavy atom. The average molecular weight is 256 g/mol. The predicted octanol–water partition coefficient (Wildman–Crippen LogP) is 2.38. The van der Waals surface area contributed by atoms with Crippen LogP contribution in [0.3, 0.4) is 0 Å². The summed E-state index contributed by atoms with van der Waals surface area (Å²) in [7, 11) is 0. The molecule has 2 saturated carbocycles. The second kappa shape index (κ2) is 3.04. The van der Waals surface area contributed by atoms with Crippen LogP contribution in [0.25, 0.3) is 0 Å². The number of hydrogen-bond donors (Lipinski definition) is 0. The van der Waals surface area contributed by atoms with E-state index in [0.29, 0.717) is 17.9 Å². The lowest BCUT2D eigenvalue weighted by Crippen LogP contribution is -2.31. The summed E-state index contributed by atoms with van der Waals surface area (Å²) in [5, 5.41) is 0. The maximum absolute atomic E-state index is 12.2. The largest absolute Gasteiger partial charge is 0.428 e. The van der Waals surface area contributed by atoms with E-state index in [4.69, 9.17) is 9.47 Å². The topological polar surface area (TPSA) is 35.5 Å². The van der Waals surface area contributed by atoms with Gasteiger partial charge in [-0.25, -0.2) is 0 Å². The summed E-state index contributed by atoms with van der Waals surface area (Å²) in [4.78, 5) is 12.2. The van der Waals surface area contributed by atoms with E-state index in [2.05, 4.69) is 31.2 Å². The highest BCUT2D eigenvalue weighted by molar-refractivity contribution is 5.78. The van der Waals surface area contributed by atoms with Crippen molar-refractivity contribution in [1.82, 2.24) is 0 Å². The fourth-order valence-electron chi connectivity index (χ4n) is 5.01. The van der Waals surface area contributed by atoms with Crippen molar-refractivity contribution >= 4 is 5.97 Å². The van der Waals surface area contributed by atoms with E-state index in [0.717, 1.165) is 18.4 Å². The standard InChI is InChI=1S/C16H16O3/c1-8-2-4-10(5-3-8)16-14-11-6-9(7-12(11)18-16)13(14)15(17)19-16/h2-5,9,11-14H,6-7H2,1H3/t9-,11+,12-,13+,14?,16+/m1/s1. The van der Waals surface area contributed by atoms with E-state index in [1.807, 2.05) is 0 Å². The molecule has 0 radical (unpaired) electrons. The van der Waals surface area contributed by atoms with Crippen LogP contribution in [0.5, 0.6) is 0 Å². The van der Waals surface area contributed by atoms with Gasteiger partial charge in [0.15, 0.2) is 0 Å². The van der Waals surface area contributed by atoms with Gasteiger partial charge in [0.25, 0.3) is 0 Å². The lowest BCUT2D eigenvalue weighted by atomic mass is 9.76. The van der Waals surface area contributed by atoms with Crippen LogP contribution in [0, 0.1) is 30.6 Å². The Balaban J connectivity index is 1.69. The molecule has 0 spiro atoms. The number of aryl methyl sites for hydroxylation is 1. The van der Waals surface area contributed by atoms with E-state index in [9.17, 15) is 4.79 Å². The van der Waals surface area contributed by atoms with Gasteiger partial charge >= 0.3 is 5.97 Å². The molecule has 1 unspecified atom stereocenters. The first-order chi connectivity index (χ1) is 9.19. The quantitative estimate of drug-likeness (QED) is 0.724. The molecule has 19 heavy (non-hydrogen) atoms. The van der Waals surface area contributed by atoms with E-state index in [1.165, 1.54) is 5.56 Å². The molecule has 0 amide bonds. The van der Waals surface area contributed by atoms with Crippen LogP contribution in [0.15, 0.2) is 24.3 Å². The number of benzene rings is 1. The van der Waals surface area contributed by atoms with E-state index >= 15 is 0 Å². The SMILES string of the molecule is Cc1ccc([C@]23OC(=O)[C@@H]4C2[C@H]2C[C@@H]4C[C@H]2O3)cc1. The molecule has 2 bridgehead atoms. The summed E-state index contributed by atoms with van der Waals surface area (Å²) >= 11 is 0. The third kappa shape index (κ3) is 1.04. The van der Waals surface area contributed by atoms with Gasteiger partial charge in [-0.1, -0.05) is 29.8 Å². The molecule has 6 atom stereocenters. The first-order valence-electron chi connectivity index (χ1n) is 7.17. The molecule has 2 heterocycles. The minimum absolute atomic E-state index is 0.0313. The molecule has 3 nitrogen and oxygen atoms in total. The highest BCUT2D eigenvalue weighted by Gasteiger charge is 2.75. The van der Waals surface area contributed by atoms with Gasteiger partial charge in [-0.2, -0.15) is 0 Å². The van der Waals surface area contributed by atoms with Crippen molar-refractivity contribution in [2.75, 3.05) is 0 Å². The number of fused-ring (bicyclic) bond motifs is 2. The molecule has 0 aromatic heterocycles.